The Kier molecular flexibility index (Phi) is 6.07. The van der Waals surface area contributed by atoms with Crippen molar-refractivity contribution in [2.75, 3.05) is 25.5 Å². The zero-order valence-electron chi connectivity index (χ0n) is 15.9. The second kappa shape index (κ2) is 7.90. The molecular formula is C18H27N3O5. The first-order valence-electron chi connectivity index (χ1n) is 8.63. The van der Waals surface area contributed by atoms with Crippen molar-refractivity contribution < 1.29 is 19.2 Å². The van der Waals surface area contributed by atoms with Crippen molar-refractivity contribution in [2.45, 2.75) is 51.9 Å². The van der Waals surface area contributed by atoms with E-state index < -0.39 is 10.5 Å². The first-order valence-corrected chi connectivity index (χ1v) is 8.63. The van der Waals surface area contributed by atoms with Crippen LogP contribution in [-0.4, -0.2) is 53.9 Å². The molecule has 0 aliphatic carbocycles. The summed E-state index contributed by atoms with van der Waals surface area (Å²) in [5, 5.41) is 14.5. The van der Waals surface area contributed by atoms with E-state index in [4.69, 9.17) is 9.47 Å². The number of rotatable bonds is 4. The summed E-state index contributed by atoms with van der Waals surface area (Å²) >= 11 is 0. The maximum absolute atomic E-state index is 12.3. The lowest BCUT2D eigenvalue weighted by molar-refractivity contribution is -0.384. The number of aryl methyl sites for hydroxylation is 1. The molecule has 2 rings (SSSR count). The van der Waals surface area contributed by atoms with Gasteiger partial charge in [0, 0.05) is 19.7 Å². The number of amides is 1. The van der Waals surface area contributed by atoms with Crippen LogP contribution in [0.3, 0.4) is 0 Å². The molecule has 1 aliphatic rings. The Bertz CT molecular complexity index is 671. The van der Waals surface area contributed by atoms with Crippen LogP contribution in [0, 0.1) is 17.0 Å². The first kappa shape index (κ1) is 20.0. The zero-order chi connectivity index (χ0) is 19.5. The maximum Gasteiger partial charge on any atom is 0.410 e. The van der Waals surface area contributed by atoms with Crippen LogP contribution in [0.15, 0.2) is 18.2 Å². The van der Waals surface area contributed by atoms with Gasteiger partial charge in [-0.1, -0.05) is 6.07 Å². The van der Waals surface area contributed by atoms with Gasteiger partial charge < -0.3 is 19.7 Å². The largest absolute Gasteiger partial charge is 0.444 e. The fourth-order valence-electron chi connectivity index (χ4n) is 2.93. The van der Waals surface area contributed by atoms with E-state index in [1.54, 1.807) is 24.1 Å². The molecule has 2 unspecified atom stereocenters. The summed E-state index contributed by atoms with van der Waals surface area (Å²) in [5.74, 6) is 0. The second-order valence-corrected chi connectivity index (χ2v) is 7.52. The topological polar surface area (TPSA) is 93.9 Å². The minimum atomic E-state index is -0.558. The van der Waals surface area contributed by atoms with Crippen LogP contribution in [0.4, 0.5) is 16.2 Å². The average Bonchev–Trinajstić information content (AvgIpc) is 2.54. The Labute approximate surface area is 153 Å². The molecule has 26 heavy (non-hydrogen) atoms. The highest BCUT2D eigenvalue weighted by molar-refractivity contribution is 5.68. The number of carbonyl (C=O) groups is 1. The van der Waals surface area contributed by atoms with Crippen LogP contribution < -0.4 is 5.32 Å². The maximum atomic E-state index is 12.3. The highest BCUT2D eigenvalue weighted by Gasteiger charge is 2.34. The minimum absolute atomic E-state index is 0.0365. The predicted molar refractivity (Wildman–Crippen MR) is 98.5 cm³/mol. The van der Waals surface area contributed by atoms with Gasteiger partial charge in [-0.15, -0.1) is 0 Å². The Morgan fingerprint density at radius 1 is 1.38 bits per heavy atom. The lowest BCUT2D eigenvalue weighted by Gasteiger charge is -2.38. The number of nitro benzene ring substituents is 1. The highest BCUT2D eigenvalue weighted by Crippen LogP contribution is 2.28. The molecule has 1 aromatic rings. The van der Waals surface area contributed by atoms with Crippen molar-refractivity contribution in [3.8, 4) is 0 Å². The van der Waals surface area contributed by atoms with E-state index >= 15 is 0 Å². The van der Waals surface area contributed by atoms with Crippen molar-refractivity contribution in [1.29, 1.82) is 0 Å². The summed E-state index contributed by atoms with van der Waals surface area (Å²) in [7, 11) is 1.57. The fourth-order valence-corrected chi connectivity index (χ4v) is 2.93. The summed E-state index contributed by atoms with van der Waals surface area (Å²) in [4.78, 5) is 24.8. The summed E-state index contributed by atoms with van der Waals surface area (Å²) < 4.78 is 10.9. The second-order valence-electron chi connectivity index (χ2n) is 7.52. The molecule has 1 amide bonds. The Hall–Kier alpha value is -2.35. The minimum Gasteiger partial charge on any atom is -0.444 e. The molecule has 1 fully saturated rings. The van der Waals surface area contributed by atoms with Crippen molar-refractivity contribution in [1.82, 2.24) is 4.90 Å². The lowest BCUT2D eigenvalue weighted by atomic mass is 10.0. The number of nitrogens with one attached hydrogen (secondary N) is 1. The number of anilines is 1. The molecular weight excluding hydrogens is 338 g/mol. The summed E-state index contributed by atoms with van der Waals surface area (Å²) in [5.41, 5.74) is 0.759. The van der Waals surface area contributed by atoms with Crippen molar-refractivity contribution in [3.05, 3.63) is 33.9 Å². The van der Waals surface area contributed by atoms with Gasteiger partial charge >= 0.3 is 6.09 Å². The number of benzene rings is 1. The summed E-state index contributed by atoms with van der Waals surface area (Å²) in [6.45, 7) is 8.14. The van der Waals surface area contributed by atoms with Crippen LogP contribution in [0.25, 0.3) is 0 Å². The van der Waals surface area contributed by atoms with E-state index in [0.717, 1.165) is 5.56 Å². The number of carbonyl (C=O) groups excluding carboxylic acids is 1. The van der Waals surface area contributed by atoms with E-state index in [9.17, 15) is 14.9 Å². The summed E-state index contributed by atoms with van der Waals surface area (Å²) in [6, 6.07) is 4.94. The molecule has 0 saturated carbocycles. The van der Waals surface area contributed by atoms with E-state index in [-0.39, 0.29) is 23.9 Å². The van der Waals surface area contributed by atoms with Crippen LogP contribution in [0.1, 0.15) is 32.8 Å². The van der Waals surface area contributed by atoms with E-state index in [1.165, 1.54) is 0 Å². The normalized spacial score (nSPS) is 20.6. The van der Waals surface area contributed by atoms with Gasteiger partial charge in [0.05, 0.1) is 23.6 Å². The Morgan fingerprint density at radius 2 is 2.08 bits per heavy atom. The molecule has 1 heterocycles. The molecule has 2 atom stereocenters. The van der Waals surface area contributed by atoms with Crippen LogP contribution in [0.2, 0.25) is 0 Å². The van der Waals surface area contributed by atoms with Gasteiger partial charge in [0.15, 0.2) is 0 Å². The third kappa shape index (κ3) is 5.08. The van der Waals surface area contributed by atoms with E-state index in [2.05, 4.69) is 5.32 Å². The standard InChI is InChI=1S/C18H27N3O5/c1-12-6-7-13(15(10-12)21(23)24)19-14-8-9-20(11-16(14)25-5)17(22)26-18(2,3)4/h6-7,10,14,16,19H,8-9,11H2,1-5H3. The number of nitrogens with zero attached hydrogens (tertiary/aromatic N) is 2. The smallest absolute Gasteiger partial charge is 0.410 e. The number of ether oxygens (including phenoxy) is 2. The molecule has 1 N–H and O–H groups in total. The molecule has 1 aliphatic heterocycles. The van der Waals surface area contributed by atoms with E-state index in [0.29, 0.717) is 25.2 Å². The number of likely N-dealkylation sites (tertiary alicyclic amines) is 1. The lowest BCUT2D eigenvalue weighted by Crippen LogP contribution is -2.53. The van der Waals surface area contributed by atoms with Crippen LogP contribution in [0.5, 0.6) is 0 Å². The van der Waals surface area contributed by atoms with Crippen LogP contribution >= 0.6 is 0 Å². The van der Waals surface area contributed by atoms with Gasteiger partial charge in [0.2, 0.25) is 0 Å². The molecule has 1 aromatic carbocycles. The molecule has 0 bridgehead atoms. The SMILES string of the molecule is COC1CN(C(=O)OC(C)(C)C)CCC1Nc1ccc(C)cc1[N+](=O)[O-]. The number of methoxy groups -OCH3 is 1. The van der Waals surface area contributed by atoms with Crippen LogP contribution in [-0.2, 0) is 9.47 Å². The third-order valence-corrected chi connectivity index (χ3v) is 4.20. The number of nitro groups is 1. The molecule has 8 heteroatoms. The van der Waals surface area contributed by atoms with Gasteiger partial charge in [-0.05, 0) is 45.7 Å². The van der Waals surface area contributed by atoms with Gasteiger partial charge in [0.1, 0.15) is 11.3 Å². The van der Waals surface area contributed by atoms with Gasteiger partial charge in [-0.2, -0.15) is 0 Å². The molecule has 144 valence electrons. The zero-order valence-corrected chi connectivity index (χ0v) is 15.9. The summed E-state index contributed by atoms with van der Waals surface area (Å²) in [6.07, 6.45) is -0.0699. The first-order chi connectivity index (χ1) is 12.1. The molecule has 0 aromatic heterocycles. The highest BCUT2D eigenvalue weighted by atomic mass is 16.6. The van der Waals surface area contributed by atoms with Crippen molar-refractivity contribution >= 4 is 17.5 Å². The van der Waals surface area contributed by atoms with Crippen molar-refractivity contribution in [2.24, 2.45) is 0 Å². The average molecular weight is 365 g/mol. The molecule has 0 spiro atoms. The molecule has 8 nitrogen and oxygen atoms in total. The Morgan fingerprint density at radius 3 is 2.65 bits per heavy atom. The van der Waals surface area contributed by atoms with E-state index in [1.807, 2.05) is 33.8 Å². The van der Waals surface area contributed by atoms with Gasteiger partial charge in [0.25, 0.3) is 5.69 Å². The number of piperidine rings is 1. The van der Waals surface area contributed by atoms with Gasteiger partial charge in [-0.3, -0.25) is 10.1 Å². The Balaban J connectivity index is 2.09. The quantitative estimate of drug-likeness (QED) is 0.650. The molecule has 0 radical (unpaired) electrons. The predicted octanol–water partition coefficient (Wildman–Crippen LogP) is 3.34. The number of hydrogen-bond donors (Lipinski definition) is 1. The monoisotopic (exact) mass is 365 g/mol. The molecule has 1 saturated heterocycles. The van der Waals surface area contributed by atoms with Gasteiger partial charge in [-0.25, -0.2) is 4.79 Å². The van der Waals surface area contributed by atoms with Crippen molar-refractivity contribution in [3.63, 3.8) is 0 Å². The third-order valence-electron chi connectivity index (χ3n) is 4.20. The fraction of sp³-hybridized carbons (Fsp3) is 0.611. The number of hydrogen-bond acceptors (Lipinski definition) is 6.